The molecule has 0 saturated heterocycles. The second-order valence-electron chi connectivity index (χ2n) is 6.81. The van der Waals surface area contributed by atoms with Crippen molar-refractivity contribution in [3.8, 4) is 17.2 Å². The molecule has 0 aliphatic heterocycles. The van der Waals surface area contributed by atoms with Gasteiger partial charge in [-0.05, 0) is 72.6 Å². The summed E-state index contributed by atoms with van der Waals surface area (Å²) < 4.78 is 57.9. The van der Waals surface area contributed by atoms with Crippen molar-refractivity contribution >= 4 is 15.7 Å². The highest BCUT2D eigenvalue weighted by molar-refractivity contribution is 7.92. The summed E-state index contributed by atoms with van der Waals surface area (Å²) >= 11 is 0. The predicted octanol–water partition coefficient (Wildman–Crippen LogP) is 4.56. The van der Waals surface area contributed by atoms with E-state index in [9.17, 15) is 12.8 Å². The highest BCUT2D eigenvalue weighted by Gasteiger charge is 2.27. The first-order chi connectivity index (χ1) is 14.8. The third-order valence-corrected chi connectivity index (χ3v) is 6.77. The lowest BCUT2D eigenvalue weighted by Crippen LogP contribution is -2.31. The van der Waals surface area contributed by atoms with Crippen LogP contribution in [0.15, 0.2) is 65.6 Å². The zero-order valence-electron chi connectivity index (χ0n) is 17.8. The number of halogens is 1. The Morgan fingerprint density at radius 2 is 1.52 bits per heavy atom. The van der Waals surface area contributed by atoms with E-state index in [1.54, 1.807) is 49.4 Å². The molecule has 0 aromatic heterocycles. The van der Waals surface area contributed by atoms with Gasteiger partial charge in [0.1, 0.15) is 11.6 Å². The smallest absolute Gasteiger partial charge is 0.264 e. The van der Waals surface area contributed by atoms with Crippen LogP contribution in [0.3, 0.4) is 0 Å². The Morgan fingerprint density at radius 3 is 2.10 bits per heavy atom. The van der Waals surface area contributed by atoms with E-state index in [1.165, 1.54) is 37.8 Å². The third kappa shape index (κ3) is 4.74. The number of aryl methyl sites for hydroxylation is 1. The van der Waals surface area contributed by atoms with Crippen LogP contribution in [0.1, 0.15) is 11.1 Å². The summed E-state index contributed by atoms with van der Waals surface area (Å²) in [5.74, 6) is 1.14. The number of ether oxygens (including phenoxy) is 3. The molecule has 0 bridgehead atoms. The van der Waals surface area contributed by atoms with Crippen molar-refractivity contribution in [2.45, 2.75) is 18.4 Å². The highest BCUT2D eigenvalue weighted by atomic mass is 32.2. The number of nitrogens with zero attached hydrogens (tertiary/aromatic N) is 1. The van der Waals surface area contributed by atoms with E-state index in [0.29, 0.717) is 34.1 Å². The molecule has 0 N–H and O–H groups in total. The van der Waals surface area contributed by atoms with Gasteiger partial charge in [0.15, 0.2) is 11.5 Å². The van der Waals surface area contributed by atoms with Crippen LogP contribution in [0.25, 0.3) is 0 Å². The van der Waals surface area contributed by atoms with Crippen molar-refractivity contribution in [3.63, 3.8) is 0 Å². The Balaban J connectivity index is 2.10. The van der Waals surface area contributed by atoms with Gasteiger partial charge in [-0.25, -0.2) is 12.8 Å². The van der Waals surface area contributed by atoms with Gasteiger partial charge in [0, 0.05) is 0 Å². The highest BCUT2D eigenvalue weighted by Crippen LogP contribution is 2.32. The fraction of sp³-hybridized carbons (Fsp3) is 0.217. The zero-order chi connectivity index (χ0) is 22.6. The summed E-state index contributed by atoms with van der Waals surface area (Å²) in [6.07, 6.45) is 0. The lowest BCUT2D eigenvalue weighted by Gasteiger charge is -2.26. The van der Waals surface area contributed by atoms with Crippen molar-refractivity contribution in [1.29, 1.82) is 0 Å². The van der Waals surface area contributed by atoms with Crippen LogP contribution < -0.4 is 18.5 Å². The predicted molar refractivity (Wildman–Crippen MR) is 117 cm³/mol. The summed E-state index contributed by atoms with van der Waals surface area (Å²) in [5.41, 5.74) is 1.46. The molecule has 0 saturated carbocycles. The quantitative estimate of drug-likeness (QED) is 0.509. The van der Waals surface area contributed by atoms with Crippen LogP contribution in [0.2, 0.25) is 0 Å². The summed E-state index contributed by atoms with van der Waals surface area (Å²) in [6, 6.07) is 15.5. The molecular formula is C23H24FNO5S. The standard InChI is InChI=1S/C23H24FNO5S/c1-16-13-18(24)6-12-23(16)31(26,27)25(19-7-9-20(28-2)10-8-19)15-17-5-11-21(29-3)22(14-17)30-4/h5-14H,15H2,1-4H3. The molecule has 31 heavy (non-hydrogen) atoms. The number of hydrogen-bond donors (Lipinski definition) is 0. The van der Waals surface area contributed by atoms with Gasteiger partial charge in [-0.15, -0.1) is 0 Å². The van der Waals surface area contributed by atoms with Crippen molar-refractivity contribution in [1.82, 2.24) is 0 Å². The zero-order valence-corrected chi connectivity index (χ0v) is 18.6. The van der Waals surface area contributed by atoms with E-state index in [1.807, 2.05) is 0 Å². The van der Waals surface area contributed by atoms with Crippen molar-refractivity contribution in [3.05, 3.63) is 77.6 Å². The lowest BCUT2D eigenvalue weighted by atomic mass is 10.2. The molecule has 0 heterocycles. The van der Waals surface area contributed by atoms with Crippen LogP contribution in [0.5, 0.6) is 17.2 Å². The Labute approximate surface area is 181 Å². The molecule has 6 nitrogen and oxygen atoms in total. The summed E-state index contributed by atoms with van der Waals surface area (Å²) in [5, 5.41) is 0. The summed E-state index contributed by atoms with van der Waals surface area (Å²) in [7, 11) is 0.582. The van der Waals surface area contributed by atoms with Gasteiger partial charge >= 0.3 is 0 Å². The molecule has 0 spiro atoms. The van der Waals surface area contributed by atoms with Crippen molar-refractivity contribution < 1.29 is 27.0 Å². The minimum Gasteiger partial charge on any atom is -0.497 e. The molecule has 0 unspecified atom stereocenters. The monoisotopic (exact) mass is 445 g/mol. The Hall–Kier alpha value is -3.26. The fourth-order valence-electron chi connectivity index (χ4n) is 3.23. The molecule has 0 aliphatic carbocycles. The summed E-state index contributed by atoms with van der Waals surface area (Å²) in [6.45, 7) is 1.60. The molecule has 0 aliphatic rings. The van der Waals surface area contributed by atoms with Gasteiger partial charge in [0.25, 0.3) is 10.0 Å². The van der Waals surface area contributed by atoms with Crippen LogP contribution in [0, 0.1) is 12.7 Å². The maximum atomic E-state index is 13.6. The number of sulfonamides is 1. The van der Waals surface area contributed by atoms with Gasteiger partial charge < -0.3 is 14.2 Å². The normalized spacial score (nSPS) is 11.1. The van der Waals surface area contributed by atoms with Crippen LogP contribution >= 0.6 is 0 Å². The van der Waals surface area contributed by atoms with Gasteiger partial charge in [-0.3, -0.25) is 4.31 Å². The Bertz CT molecular complexity index is 1160. The van der Waals surface area contributed by atoms with Gasteiger partial charge in [-0.1, -0.05) is 6.07 Å². The molecule has 3 aromatic carbocycles. The van der Waals surface area contributed by atoms with Crippen LogP contribution in [-0.4, -0.2) is 29.7 Å². The number of hydrogen-bond acceptors (Lipinski definition) is 5. The van der Waals surface area contributed by atoms with Crippen LogP contribution in [0.4, 0.5) is 10.1 Å². The Kier molecular flexibility index (Phi) is 6.70. The number of rotatable bonds is 8. The van der Waals surface area contributed by atoms with E-state index >= 15 is 0 Å². The minimum atomic E-state index is -4.00. The average molecular weight is 446 g/mol. The molecule has 0 radical (unpaired) electrons. The topological polar surface area (TPSA) is 65.1 Å². The SMILES string of the molecule is COc1ccc(N(Cc2ccc(OC)c(OC)c2)S(=O)(=O)c2ccc(F)cc2C)cc1. The Morgan fingerprint density at radius 1 is 0.839 bits per heavy atom. The maximum absolute atomic E-state index is 13.6. The van der Waals surface area contributed by atoms with E-state index in [-0.39, 0.29) is 11.4 Å². The second kappa shape index (κ2) is 9.26. The first-order valence-corrected chi connectivity index (χ1v) is 10.9. The number of benzene rings is 3. The van der Waals surface area contributed by atoms with Crippen molar-refractivity contribution in [2.75, 3.05) is 25.6 Å². The van der Waals surface area contributed by atoms with Gasteiger partial charge in [0.2, 0.25) is 0 Å². The first kappa shape index (κ1) is 22.4. The number of anilines is 1. The molecule has 0 atom stereocenters. The van der Waals surface area contributed by atoms with Crippen molar-refractivity contribution in [2.24, 2.45) is 0 Å². The fourth-order valence-corrected chi connectivity index (χ4v) is 4.89. The maximum Gasteiger partial charge on any atom is 0.264 e. The summed E-state index contributed by atoms with van der Waals surface area (Å²) in [4.78, 5) is 0.0326. The second-order valence-corrected chi connectivity index (χ2v) is 8.64. The van der Waals surface area contributed by atoms with E-state index in [4.69, 9.17) is 14.2 Å². The number of methoxy groups -OCH3 is 3. The minimum absolute atomic E-state index is 0.0326. The average Bonchev–Trinajstić information content (AvgIpc) is 2.77. The lowest BCUT2D eigenvalue weighted by molar-refractivity contribution is 0.354. The van der Waals surface area contributed by atoms with Gasteiger partial charge in [0.05, 0.1) is 38.5 Å². The molecule has 0 amide bonds. The molecular weight excluding hydrogens is 421 g/mol. The first-order valence-electron chi connectivity index (χ1n) is 9.44. The van der Waals surface area contributed by atoms with E-state index in [0.717, 1.165) is 6.07 Å². The van der Waals surface area contributed by atoms with E-state index in [2.05, 4.69) is 0 Å². The van der Waals surface area contributed by atoms with Gasteiger partial charge in [-0.2, -0.15) is 0 Å². The molecule has 8 heteroatoms. The largest absolute Gasteiger partial charge is 0.497 e. The van der Waals surface area contributed by atoms with E-state index < -0.39 is 15.8 Å². The molecule has 3 rings (SSSR count). The molecule has 3 aromatic rings. The molecule has 0 fully saturated rings. The van der Waals surface area contributed by atoms with Crippen LogP contribution in [-0.2, 0) is 16.6 Å². The third-order valence-electron chi connectivity index (χ3n) is 4.84. The molecule has 164 valence electrons.